The van der Waals surface area contributed by atoms with Crippen molar-refractivity contribution in [2.45, 2.75) is 0 Å². The van der Waals surface area contributed by atoms with Crippen molar-refractivity contribution in [2.75, 3.05) is 0 Å². The molecule has 7 heteroatoms. The molecular formula is C9H6BrClN4S. The Morgan fingerprint density at radius 1 is 1.50 bits per heavy atom. The van der Waals surface area contributed by atoms with Crippen LogP contribution in [0.25, 0.3) is 5.82 Å². The summed E-state index contributed by atoms with van der Waals surface area (Å²) in [4.78, 5) is 8.47. The van der Waals surface area contributed by atoms with E-state index < -0.39 is 0 Å². The molecule has 82 valence electrons. The highest BCUT2D eigenvalue weighted by Crippen LogP contribution is 2.23. The normalized spacial score (nSPS) is 10.4. The zero-order valence-corrected chi connectivity index (χ0v) is 11.1. The van der Waals surface area contributed by atoms with Gasteiger partial charge < -0.3 is 5.73 Å². The predicted octanol–water partition coefficient (Wildman–Crippen LogP) is 2.32. The van der Waals surface area contributed by atoms with Crippen molar-refractivity contribution in [3.05, 3.63) is 40.0 Å². The summed E-state index contributed by atoms with van der Waals surface area (Å²) < 4.78 is 2.44. The lowest BCUT2D eigenvalue weighted by atomic mass is 10.4. The monoisotopic (exact) mass is 316 g/mol. The third-order valence-electron chi connectivity index (χ3n) is 1.88. The van der Waals surface area contributed by atoms with Crippen LogP contribution in [-0.4, -0.2) is 19.5 Å². The first kappa shape index (κ1) is 11.5. The fourth-order valence-corrected chi connectivity index (χ4v) is 2.22. The summed E-state index contributed by atoms with van der Waals surface area (Å²) in [7, 11) is 0. The van der Waals surface area contributed by atoms with Crippen molar-refractivity contribution in [3.8, 4) is 5.82 Å². The minimum absolute atomic E-state index is 0.216. The molecule has 2 N–H and O–H groups in total. The van der Waals surface area contributed by atoms with Crippen LogP contribution in [0.1, 0.15) is 5.82 Å². The van der Waals surface area contributed by atoms with Gasteiger partial charge in [0.25, 0.3) is 0 Å². The first-order chi connectivity index (χ1) is 7.59. The molecule has 0 aromatic carbocycles. The second kappa shape index (κ2) is 4.48. The van der Waals surface area contributed by atoms with E-state index in [2.05, 4.69) is 25.9 Å². The third kappa shape index (κ3) is 2.09. The summed E-state index contributed by atoms with van der Waals surface area (Å²) in [6.07, 6.45) is 4.89. The largest absolute Gasteiger partial charge is 0.387 e. The minimum atomic E-state index is 0.216. The Balaban J connectivity index is 2.59. The molecule has 0 atom stereocenters. The lowest BCUT2D eigenvalue weighted by molar-refractivity contribution is 0.969. The van der Waals surface area contributed by atoms with Crippen LogP contribution in [0.5, 0.6) is 0 Å². The highest BCUT2D eigenvalue weighted by molar-refractivity contribution is 9.10. The zero-order valence-electron chi connectivity index (χ0n) is 7.89. The molecule has 0 bridgehead atoms. The lowest BCUT2D eigenvalue weighted by Gasteiger charge is -2.07. The maximum atomic E-state index is 5.81. The zero-order chi connectivity index (χ0) is 11.7. The molecule has 2 aromatic rings. The Kier molecular flexibility index (Phi) is 3.22. The number of rotatable bonds is 2. The summed E-state index contributed by atoms with van der Waals surface area (Å²) in [5.74, 6) is 1.13. The van der Waals surface area contributed by atoms with Crippen molar-refractivity contribution >= 4 is 44.7 Å². The van der Waals surface area contributed by atoms with E-state index in [1.54, 1.807) is 29.2 Å². The molecule has 2 heterocycles. The van der Waals surface area contributed by atoms with Crippen LogP contribution in [0, 0.1) is 0 Å². The molecule has 4 nitrogen and oxygen atoms in total. The van der Waals surface area contributed by atoms with E-state index in [0.29, 0.717) is 16.7 Å². The van der Waals surface area contributed by atoms with E-state index in [0.717, 1.165) is 4.47 Å². The maximum Gasteiger partial charge on any atom is 0.173 e. The predicted molar refractivity (Wildman–Crippen MR) is 70.0 cm³/mol. The van der Waals surface area contributed by atoms with E-state index in [1.165, 1.54) is 0 Å². The van der Waals surface area contributed by atoms with Gasteiger partial charge in [0.2, 0.25) is 0 Å². The van der Waals surface area contributed by atoms with Crippen LogP contribution in [0.2, 0.25) is 5.02 Å². The van der Waals surface area contributed by atoms with Crippen molar-refractivity contribution in [3.63, 3.8) is 0 Å². The van der Waals surface area contributed by atoms with Gasteiger partial charge in [-0.05, 0) is 22.0 Å². The van der Waals surface area contributed by atoms with Gasteiger partial charge in [0.05, 0.1) is 9.50 Å². The summed E-state index contributed by atoms with van der Waals surface area (Å²) in [6, 6.07) is 1.74. The standard InChI is InChI=1S/C9H6BrClN4S/c10-6-3-5(11)4-14-8(6)15-2-1-13-9(15)7(12)16/h1-4H,(H2,12,16). The van der Waals surface area contributed by atoms with Crippen LogP contribution >= 0.6 is 39.7 Å². The topological polar surface area (TPSA) is 56.7 Å². The van der Waals surface area contributed by atoms with Gasteiger partial charge in [-0.15, -0.1) is 0 Å². The van der Waals surface area contributed by atoms with E-state index in [9.17, 15) is 0 Å². The Hall–Kier alpha value is -0.980. The number of nitrogens with two attached hydrogens (primary N) is 1. The quantitative estimate of drug-likeness (QED) is 0.864. The minimum Gasteiger partial charge on any atom is -0.387 e. The van der Waals surface area contributed by atoms with Crippen LogP contribution < -0.4 is 5.73 Å². The Morgan fingerprint density at radius 3 is 2.88 bits per heavy atom. The molecule has 16 heavy (non-hydrogen) atoms. The van der Waals surface area contributed by atoms with Crippen LogP contribution in [0.4, 0.5) is 0 Å². The number of thiocarbonyl (C=S) groups is 1. The number of hydrogen-bond acceptors (Lipinski definition) is 3. The van der Waals surface area contributed by atoms with Gasteiger partial charge >= 0.3 is 0 Å². The van der Waals surface area contributed by atoms with Crippen molar-refractivity contribution in [2.24, 2.45) is 5.73 Å². The van der Waals surface area contributed by atoms with Crippen LogP contribution in [-0.2, 0) is 0 Å². The first-order valence-corrected chi connectivity index (χ1v) is 5.82. The molecular weight excluding hydrogens is 312 g/mol. The van der Waals surface area contributed by atoms with E-state index in [-0.39, 0.29) is 4.99 Å². The summed E-state index contributed by atoms with van der Waals surface area (Å²) in [5, 5.41) is 0.549. The highest BCUT2D eigenvalue weighted by atomic mass is 79.9. The Bertz CT molecular complexity index is 554. The molecule has 0 saturated carbocycles. The highest BCUT2D eigenvalue weighted by Gasteiger charge is 2.11. The summed E-state index contributed by atoms with van der Waals surface area (Å²) in [5.41, 5.74) is 5.56. The lowest BCUT2D eigenvalue weighted by Crippen LogP contribution is -2.16. The molecule has 0 aliphatic carbocycles. The van der Waals surface area contributed by atoms with Gasteiger partial charge in [-0.3, -0.25) is 4.57 Å². The Labute approximate surface area is 111 Å². The van der Waals surface area contributed by atoms with E-state index in [4.69, 9.17) is 29.6 Å². The molecule has 0 radical (unpaired) electrons. The number of halogens is 2. The molecule has 2 rings (SSSR count). The van der Waals surface area contributed by atoms with Gasteiger partial charge in [0, 0.05) is 18.6 Å². The van der Waals surface area contributed by atoms with Gasteiger partial charge in [-0.1, -0.05) is 23.8 Å². The number of pyridine rings is 1. The maximum absolute atomic E-state index is 5.81. The second-order valence-electron chi connectivity index (χ2n) is 2.94. The SMILES string of the molecule is NC(=S)c1nccn1-c1ncc(Cl)cc1Br. The summed E-state index contributed by atoms with van der Waals surface area (Å²) in [6.45, 7) is 0. The molecule has 0 aliphatic heterocycles. The number of nitrogens with zero attached hydrogens (tertiary/aromatic N) is 3. The van der Waals surface area contributed by atoms with Crippen LogP contribution in [0.3, 0.4) is 0 Å². The van der Waals surface area contributed by atoms with E-state index >= 15 is 0 Å². The second-order valence-corrected chi connectivity index (χ2v) is 4.67. The molecule has 0 amide bonds. The van der Waals surface area contributed by atoms with Crippen LogP contribution in [0.15, 0.2) is 29.1 Å². The first-order valence-electron chi connectivity index (χ1n) is 4.24. The number of imidazole rings is 1. The van der Waals surface area contributed by atoms with Gasteiger partial charge in [0.15, 0.2) is 11.6 Å². The molecule has 0 unspecified atom stereocenters. The van der Waals surface area contributed by atoms with Crippen molar-refractivity contribution in [1.82, 2.24) is 14.5 Å². The fourth-order valence-electron chi connectivity index (χ4n) is 1.24. The average molecular weight is 318 g/mol. The molecule has 0 saturated heterocycles. The van der Waals surface area contributed by atoms with Gasteiger partial charge in [-0.25, -0.2) is 9.97 Å². The van der Waals surface area contributed by atoms with Crippen molar-refractivity contribution < 1.29 is 0 Å². The Morgan fingerprint density at radius 2 is 2.25 bits per heavy atom. The van der Waals surface area contributed by atoms with Gasteiger partial charge in [-0.2, -0.15) is 0 Å². The molecule has 0 aliphatic rings. The third-order valence-corrected chi connectivity index (χ3v) is 2.85. The van der Waals surface area contributed by atoms with Gasteiger partial charge in [0.1, 0.15) is 4.99 Å². The average Bonchev–Trinajstić information content (AvgIpc) is 2.66. The molecule has 2 aromatic heterocycles. The van der Waals surface area contributed by atoms with E-state index in [1.807, 2.05) is 0 Å². The smallest absolute Gasteiger partial charge is 0.173 e. The number of aromatic nitrogens is 3. The summed E-state index contributed by atoms with van der Waals surface area (Å²) >= 11 is 14.1. The fraction of sp³-hybridized carbons (Fsp3) is 0. The van der Waals surface area contributed by atoms with Crippen molar-refractivity contribution in [1.29, 1.82) is 0 Å². The molecule has 0 spiro atoms. The molecule has 0 fully saturated rings. The number of hydrogen-bond donors (Lipinski definition) is 1.